The molecule has 9 heteroatoms. The van der Waals surface area contributed by atoms with E-state index in [2.05, 4.69) is 32.3 Å². The largest absolute Gasteiger partial charge is 0.384 e. The van der Waals surface area contributed by atoms with Crippen molar-refractivity contribution in [1.82, 2.24) is 25.3 Å². The van der Waals surface area contributed by atoms with Gasteiger partial charge in [0.05, 0.1) is 6.61 Å². The fourth-order valence-electron chi connectivity index (χ4n) is 3.03. The second kappa shape index (κ2) is 11.2. The van der Waals surface area contributed by atoms with Gasteiger partial charge in [-0.1, -0.05) is 11.2 Å². The number of aliphatic imine (C=N–C) groups is 1. The maximum atomic E-state index is 5.28. The molecule has 1 aliphatic heterocycles. The number of hydrogen-bond acceptors (Lipinski definition) is 6. The summed E-state index contributed by atoms with van der Waals surface area (Å²) in [6.07, 6.45) is 3.47. The molecule has 1 atom stereocenters. The highest BCUT2D eigenvalue weighted by molar-refractivity contribution is 14.0. The summed E-state index contributed by atoms with van der Waals surface area (Å²) in [6, 6.07) is 5.60. The van der Waals surface area contributed by atoms with Crippen LogP contribution < -0.4 is 5.32 Å². The van der Waals surface area contributed by atoms with Gasteiger partial charge in [0.25, 0.3) is 5.89 Å². The van der Waals surface area contributed by atoms with Gasteiger partial charge in [-0.2, -0.15) is 4.98 Å². The molecule has 1 saturated heterocycles. The first kappa shape index (κ1) is 21.5. The lowest BCUT2D eigenvalue weighted by molar-refractivity contribution is 0.157. The average molecular weight is 486 g/mol. The van der Waals surface area contributed by atoms with Gasteiger partial charge in [0.15, 0.2) is 11.8 Å². The van der Waals surface area contributed by atoms with Crippen molar-refractivity contribution >= 4 is 29.9 Å². The number of aromatic nitrogens is 3. The summed E-state index contributed by atoms with van der Waals surface area (Å²) in [6.45, 7) is 6.31. The van der Waals surface area contributed by atoms with Crippen molar-refractivity contribution in [3.05, 3.63) is 30.2 Å². The lowest BCUT2D eigenvalue weighted by atomic mass is 10.1. The van der Waals surface area contributed by atoms with E-state index in [4.69, 9.17) is 14.3 Å². The van der Waals surface area contributed by atoms with Crippen molar-refractivity contribution in [3.8, 4) is 11.6 Å². The first-order valence-electron chi connectivity index (χ1n) is 9.06. The highest BCUT2D eigenvalue weighted by atomic mass is 127. The van der Waals surface area contributed by atoms with Crippen LogP contribution in [0.4, 0.5) is 0 Å². The molecule has 0 radical (unpaired) electrons. The van der Waals surface area contributed by atoms with E-state index >= 15 is 0 Å². The Morgan fingerprint density at radius 1 is 1.44 bits per heavy atom. The highest BCUT2D eigenvalue weighted by Gasteiger charge is 2.24. The fourth-order valence-corrected chi connectivity index (χ4v) is 3.03. The zero-order valence-electron chi connectivity index (χ0n) is 15.8. The summed E-state index contributed by atoms with van der Waals surface area (Å²) in [4.78, 5) is 15.6. The van der Waals surface area contributed by atoms with Gasteiger partial charge in [0.1, 0.15) is 5.69 Å². The SMILES string of the molecule is CCNC(=NCCc1noc(-c2ccccn2)n1)N1CCC(COC)C1.I. The van der Waals surface area contributed by atoms with Crippen molar-refractivity contribution in [2.45, 2.75) is 19.8 Å². The molecule has 3 rings (SSSR count). The van der Waals surface area contributed by atoms with Gasteiger partial charge in [-0.15, -0.1) is 24.0 Å². The molecule has 1 N–H and O–H groups in total. The van der Waals surface area contributed by atoms with Crippen molar-refractivity contribution in [2.24, 2.45) is 10.9 Å². The normalized spacial score (nSPS) is 17.0. The van der Waals surface area contributed by atoms with Crippen molar-refractivity contribution in [1.29, 1.82) is 0 Å². The van der Waals surface area contributed by atoms with Gasteiger partial charge >= 0.3 is 0 Å². The van der Waals surface area contributed by atoms with Gasteiger partial charge in [-0.3, -0.25) is 9.98 Å². The molecule has 8 nitrogen and oxygen atoms in total. The second-order valence-electron chi connectivity index (χ2n) is 6.27. The standard InChI is InChI=1S/C18H26N6O2.HI/c1-3-19-18(24-11-8-14(12-24)13-25-2)21-10-7-16-22-17(26-23-16)15-6-4-5-9-20-15;/h4-6,9,14H,3,7-8,10-13H2,1-2H3,(H,19,21);1H. The molecule has 148 valence electrons. The minimum atomic E-state index is 0. The van der Waals surface area contributed by atoms with Crippen LogP contribution in [-0.4, -0.2) is 65.9 Å². The van der Waals surface area contributed by atoms with Gasteiger partial charge in [0.2, 0.25) is 0 Å². The molecular weight excluding hydrogens is 459 g/mol. The van der Waals surface area contributed by atoms with Crippen LogP contribution in [0.3, 0.4) is 0 Å². The first-order chi connectivity index (χ1) is 12.8. The molecule has 2 aromatic heterocycles. The molecule has 0 aliphatic carbocycles. The van der Waals surface area contributed by atoms with E-state index in [-0.39, 0.29) is 24.0 Å². The molecule has 0 aromatic carbocycles. The lowest BCUT2D eigenvalue weighted by Gasteiger charge is -2.21. The maximum absolute atomic E-state index is 5.28. The van der Waals surface area contributed by atoms with Crippen molar-refractivity contribution in [3.63, 3.8) is 0 Å². The summed E-state index contributed by atoms with van der Waals surface area (Å²) in [5.41, 5.74) is 0.685. The quantitative estimate of drug-likeness (QED) is 0.365. The molecule has 2 aromatic rings. The topological polar surface area (TPSA) is 88.7 Å². The van der Waals surface area contributed by atoms with E-state index in [1.807, 2.05) is 18.2 Å². The predicted octanol–water partition coefficient (Wildman–Crippen LogP) is 2.23. The molecule has 0 spiro atoms. The van der Waals surface area contributed by atoms with Crippen LogP contribution in [0.5, 0.6) is 0 Å². The summed E-state index contributed by atoms with van der Waals surface area (Å²) < 4.78 is 10.6. The zero-order valence-corrected chi connectivity index (χ0v) is 18.1. The monoisotopic (exact) mass is 486 g/mol. The van der Waals surface area contributed by atoms with E-state index in [9.17, 15) is 0 Å². The molecule has 1 aliphatic rings. The average Bonchev–Trinajstić information content (AvgIpc) is 3.32. The second-order valence-corrected chi connectivity index (χ2v) is 6.27. The van der Waals surface area contributed by atoms with Crippen LogP contribution in [0, 0.1) is 5.92 Å². The molecule has 1 unspecified atom stereocenters. The van der Waals surface area contributed by atoms with E-state index in [1.54, 1.807) is 13.3 Å². The van der Waals surface area contributed by atoms with E-state index < -0.39 is 0 Å². The minimum absolute atomic E-state index is 0. The lowest BCUT2D eigenvalue weighted by Crippen LogP contribution is -2.40. The first-order valence-corrected chi connectivity index (χ1v) is 9.06. The summed E-state index contributed by atoms with van der Waals surface area (Å²) in [5, 5.41) is 7.39. The number of rotatable bonds is 7. The van der Waals surface area contributed by atoms with Gasteiger partial charge in [-0.25, -0.2) is 0 Å². The number of methoxy groups -OCH3 is 1. The highest BCUT2D eigenvalue weighted by Crippen LogP contribution is 2.16. The molecular formula is C18H27IN6O2. The fraction of sp³-hybridized carbons (Fsp3) is 0.556. The maximum Gasteiger partial charge on any atom is 0.276 e. The number of guanidine groups is 1. The van der Waals surface area contributed by atoms with E-state index in [0.717, 1.165) is 38.6 Å². The zero-order chi connectivity index (χ0) is 18.2. The van der Waals surface area contributed by atoms with Crippen LogP contribution in [0.25, 0.3) is 11.6 Å². The van der Waals surface area contributed by atoms with Crippen LogP contribution >= 0.6 is 24.0 Å². The number of hydrogen-bond donors (Lipinski definition) is 1. The minimum Gasteiger partial charge on any atom is -0.384 e. The smallest absolute Gasteiger partial charge is 0.276 e. The van der Waals surface area contributed by atoms with Crippen molar-refractivity contribution in [2.75, 3.05) is 39.9 Å². The summed E-state index contributed by atoms with van der Waals surface area (Å²) in [7, 11) is 1.76. The number of nitrogens with zero attached hydrogens (tertiary/aromatic N) is 5. The molecule has 1 fully saturated rings. The van der Waals surface area contributed by atoms with E-state index in [1.165, 1.54) is 0 Å². The molecule has 27 heavy (non-hydrogen) atoms. The number of pyridine rings is 1. The Morgan fingerprint density at radius 2 is 2.33 bits per heavy atom. The Kier molecular flexibility index (Phi) is 8.92. The molecule has 0 saturated carbocycles. The number of halogens is 1. The van der Waals surface area contributed by atoms with Gasteiger partial charge < -0.3 is 19.5 Å². The Morgan fingerprint density at radius 3 is 3.07 bits per heavy atom. The summed E-state index contributed by atoms with van der Waals surface area (Å²) >= 11 is 0. The Hall–Kier alpha value is -1.75. The van der Waals surface area contributed by atoms with Gasteiger partial charge in [-0.05, 0) is 25.5 Å². The third-order valence-electron chi connectivity index (χ3n) is 4.27. The van der Waals surface area contributed by atoms with Gasteiger partial charge in [0, 0.05) is 51.8 Å². The van der Waals surface area contributed by atoms with Crippen LogP contribution in [0.15, 0.2) is 33.9 Å². The van der Waals surface area contributed by atoms with E-state index in [0.29, 0.717) is 36.3 Å². The van der Waals surface area contributed by atoms with Crippen LogP contribution in [0.2, 0.25) is 0 Å². The number of nitrogens with one attached hydrogen (secondary N) is 1. The predicted molar refractivity (Wildman–Crippen MR) is 114 cm³/mol. The molecule has 0 amide bonds. The summed E-state index contributed by atoms with van der Waals surface area (Å²) in [5.74, 6) is 2.60. The number of ether oxygens (including phenoxy) is 1. The third kappa shape index (κ3) is 6.13. The Balaban J connectivity index is 0.00000261. The number of likely N-dealkylation sites (tertiary alicyclic amines) is 1. The van der Waals surface area contributed by atoms with Crippen molar-refractivity contribution < 1.29 is 9.26 Å². The molecule has 0 bridgehead atoms. The Bertz CT molecular complexity index is 709. The molecule has 3 heterocycles. The van der Waals surface area contributed by atoms with Crippen LogP contribution in [0.1, 0.15) is 19.2 Å². The Labute approximate surface area is 176 Å². The third-order valence-corrected chi connectivity index (χ3v) is 4.27. The van der Waals surface area contributed by atoms with Crippen LogP contribution in [-0.2, 0) is 11.2 Å².